The first-order valence-corrected chi connectivity index (χ1v) is 7.55. The molecule has 0 radical (unpaired) electrons. The second-order valence-corrected chi connectivity index (χ2v) is 5.83. The summed E-state index contributed by atoms with van der Waals surface area (Å²) in [6.07, 6.45) is 6.75. The van der Waals surface area contributed by atoms with Crippen molar-refractivity contribution >= 4 is 0 Å². The smallest absolute Gasteiger partial charge is 0.212 e. The Bertz CT molecular complexity index is 600. The van der Waals surface area contributed by atoms with Crippen LogP contribution in [0.5, 0.6) is 0 Å². The Morgan fingerprint density at radius 1 is 1.29 bits per heavy atom. The molecule has 2 aromatic heterocycles. The molecule has 1 fully saturated rings. The first kappa shape index (κ1) is 14.3. The molecule has 1 aliphatic carbocycles. The third-order valence-corrected chi connectivity index (χ3v) is 4.38. The van der Waals surface area contributed by atoms with Gasteiger partial charge in [-0.2, -0.15) is 4.39 Å². The first-order valence-electron chi connectivity index (χ1n) is 7.55. The average Bonchev–Trinajstić information content (AvgIpc) is 2.90. The van der Waals surface area contributed by atoms with E-state index in [0.717, 1.165) is 29.7 Å². The molecule has 1 atom stereocenters. The SMILES string of the molecule is Cc1oc(-c2ccc(F)nc2)cc1C(O)C1CCCCC1. The highest BCUT2D eigenvalue weighted by atomic mass is 19.1. The summed E-state index contributed by atoms with van der Waals surface area (Å²) in [5.74, 6) is 1.16. The molecule has 4 heteroatoms. The van der Waals surface area contributed by atoms with Gasteiger partial charge in [-0.15, -0.1) is 0 Å². The monoisotopic (exact) mass is 289 g/mol. The van der Waals surface area contributed by atoms with E-state index in [9.17, 15) is 9.50 Å². The van der Waals surface area contributed by atoms with E-state index in [4.69, 9.17) is 4.42 Å². The van der Waals surface area contributed by atoms with Gasteiger partial charge >= 0.3 is 0 Å². The fourth-order valence-corrected chi connectivity index (χ4v) is 3.16. The number of aryl methyl sites for hydroxylation is 1. The average molecular weight is 289 g/mol. The fraction of sp³-hybridized carbons (Fsp3) is 0.471. The quantitative estimate of drug-likeness (QED) is 0.852. The second kappa shape index (κ2) is 5.98. The van der Waals surface area contributed by atoms with Crippen molar-refractivity contribution in [3.8, 4) is 11.3 Å². The van der Waals surface area contributed by atoms with E-state index >= 15 is 0 Å². The molecule has 1 aliphatic rings. The van der Waals surface area contributed by atoms with Gasteiger partial charge < -0.3 is 9.52 Å². The number of furan rings is 1. The van der Waals surface area contributed by atoms with Crippen LogP contribution in [0.15, 0.2) is 28.8 Å². The standard InChI is InChI=1S/C17H20FNO2/c1-11-14(17(20)12-5-3-2-4-6-12)9-15(21-11)13-7-8-16(18)19-10-13/h7-10,12,17,20H,2-6H2,1H3. The minimum Gasteiger partial charge on any atom is -0.461 e. The molecule has 0 aliphatic heterocycles. The molecule has 1 saturated carbocycles. The summed E-state index contributed by atoms with van der Waals surface area (Å²) in [4.78, 5) is 3.64. The molecule has 3 nitrogen and oxygen atoms in total. The molecular formula is C17H20FNO2. The molecule has 2 heterocycles. The first-order chi connectivity index (χ1) is 10.1. The highest BCUT2D eigenvalue weighted by Gasteiger charge is 2.26. The van der Waals surface area contributed by atoms with Gasteiger partial charge in [-0.3, -0.25) is 0 Å². The summed E-state index contributed by atoms with van der Waals surface area (Å²) in [6.45, 7) is 1.86. The van der Waals surface area contributed by atoms with Crippen LogP contribution in [0.2, 0.25) is 0 Å². The molecule has 1 N–H and O–H groups in total. The lowest BCUT2D eigenvalue weighted by molar-refractivity contribution is 0.0835. The number of pyridine rings is 1. The summed E-state index contributed by atoms with van der Waals surface area (Å²) in [7, 11) is 0. The van der Waals surface area contributed by atoms with Crippen molar-refractivity contribution in [3.63, 3.8) is 0 Å². The molecule has 0 aromatic carbocycles. The van der Waals surface area contributed by atoms with Crippen molar-refractivity contribution in [3.05, 3.63) is 41.7 Å². The number of hydrogen-bond donors (Lipinski definition) is 1. The molecule has 2 aromatic rings. The van der Waals surface area contributed by atoms with Gasteiger partial charge in [0.1, 0.15) is 11.5 Å². The number of aliphatic hydroxyl groups is 1. The van der Waals surface area contributed by atoms with Crippen LogP contribution in [-0.4, -0.2) is 10.1 Å². The van der Waals surface area contributed by atoms with Gasteiger partial charge in [-0.25, -0.2) is 4.98 Å². The van der Waals surface area contributed by atoms with Crippen LogP contribution in [0.1, 0.15) is 49.5 Å². The van der Waals surface area contributed by atoms with Crippen molar-refractivity contribution in [2.45, 2.75) is 45.1 Å². The van der Waals surface area contributed by atoms with E-state index in [1.54, 1.807) is 6.07 Å². The predicted molar refractivity (Wildman–Crippen MR) is 78.2 cm³/mol. The predicted octanol–water partition coefficient (Wildman–Crippen LogP) is 4.40. The van der Waals surface area contributed by atoms with Crippen LogP contribution >= 0.6 is 0 Å². The highest BCUT2D eigenvalue weighted by Crippen LogP contribution is 2.38. The Labute approximate surface area is 123 Å². The number of nitrogens with zero attached hydrogens (tertiary/aromatic N) is 1. The van der Waals surface area contributed by atoms with Crippen LogP contribution < -0.4 is 0 Å². The van der Waals surface area contributed by atoms with Crippen LogP contribution in [0.4, 0.5) is 4.39 Å². The van der Waals surface area contributed by atoms with E-state index < -0.39 is 12.1 Å². The fourth-order valence-electron chi connectivity index (χ4n) is 3.16. The van der Waals surface area contributed by atoms with E-state index in [0.29, 0.717) is 11.7 Å². The molecule has 0 spiro atoms. The highest BCUT2D eigenvalue weighted by molar-refractivity contribution is 5.57. The Morgan fingerprint density at radius 3 is 2.71 bits per heavy atom. The zero-order valence-corrected chi connectivity index (χ0v) is 12.2. The van der Waals surface area contributed by atoms with Gasteiger partial charge in [-0.05, 0) is 43.9 Å². The Balaban J connectivity index is 1.85. The summed E-state index contributed by atoms with van der Waals surface area (Å²) >= 11 is 0. The third kappa shape index (κ3) is 3.00. The maximum Gasteiger partial charge on any atom is 0.212 e. The van der Waals surface area contributed by atoms with Crippen molar-refractivity contribution in [1.82, 2.24) is 4.98 Å². The van der Waals surface area contributed by atoms with Gasteiger partial charge in [-0.1, -0.05) is 19.3 Å². The third-order valence-electron chi connectivity index (χ3n) is 4.38. The van der Waals surface area contributed by atoms with Crippen molar-refractivity contribution in [2.24, 2.45) is 5.92 Å². The van der Waals surface area contributed by atoms with Gasteiger partial charge in [0.25, 0.3) is 0 Å². The largest absolute Gasteiger partial charge is 0.461 e. The molecular weight excluding hydrogens is 269 g/mol. The zero-order valence-electron chi connectivity index (χ0n) is 12.2. The van der Waals surface area contributed by atoms with E-state index in [1.165, 1.54) is 31.5 Å². The van der Waals surface area contributed by atoms with Gasteiger partial charge in [0, 0.05) is 17.3 Å². The molecule has 3 rings (SSSR count). The summed E-state index contributed by atoms with van der Waals surface area (Å²) in [5.41, 5.74) is 1.57. The van der Waals surface area contributed by atoms with Gasteiger partial charge in [0.05, 0.1) is 6.10 Å². The Hall–Kier alpha value is -1.68. The van der Waals surface area contributed by atoms with Crippen LogP contribution in [-0.2, 0) is 0 Å². The second-order valence-electron chi connectivity index (χ2n) is 5.83. The molecule has 112 valence electrons. The number of rotatable bonds is 3. The Morgan fingerprint density at radius 2 is 2.05 bits per heavy atom. The lowest BCUT2D eigenvalue weighted by Gasteiger charge is -2.26. The van der Waals surface area contributed by atoms with Crippen molar-refractivity contribution in [2.75, 3.05) is 0 Å². The number of aliphatic hydroxyl groups excluding tert-OH is 1. The number of halogens is 1. The Kier molecular flexibility index (Phi) is 4.06. The summed E-state index contributed by atoms with van der Waals surface area (Å²) in [6, 6.07) is 4.81. The lowest BCUT2D eigenvalue weighted by atomic mass is 9.83. The van der Waals surface area contributed by atoms with Crippen LogP contribution in [0.3, 0.4) is 0 Å². The molecule has 0 amide bonds. The van der Waals surface area contributed by atoms with Crippen molar-refractivity contribution in [1.29, 1.82) is 0 Å². The zero-order chi connectivity index (χ0) is 14.8. The minimum atomic E-state index is -0.510. The van der Waals surface area contributed by atoms with Gasteiger partial charge in [0.15, 0.2) is 0 Å². The molecule has 0 bridgehead atoms. The normalized spacial score (nSPS) is 17.9. The van der Waals surface area contributed by atoms with E-state index in [2.05, 4.69) is 4.98 Å². The number of hydrogen-bond acceptors (Lipinski definition) is 3. The van der Waals surface area contributed by atoms with Crippen LogP contribution in [0, 0.1) is 18.8 Å². The molecule has 1 unspecified atom stereocenters. The van der Waals surface area contributed by atoms with Crippen molar-refractivity contribution < 1.29 is 13.9 Å². The topological polar surface area (TPSA) is 46.3 Å². The lowest BCUT2D eigenvalue weighted by Crippen LogP contribution is -2.16. The minimum absolute atomic E-state index is 0.314. The maximum absolute atomic E-state index is 12.9. The van der Waals surface area contributed by atoms with E-state index in [1.807, 2.05) is 13.0 Å². The summed E-state index contributed by atoms with van der Waals surface area (Å²) < 4.78 is 18.6. The molecule has 0 saturated heterocycles. The number of aromatic nitrogens is 1. The summed E-state index contributed by atoms with van der Waals surface area (Å²) in [5, 5.41) is 10.6. The maximum atomic E-state index is 12.9. The molecule has 21 heavy (non-hydrogen) atoms. The van der Waals surface area contributed by atoms with Gasteiger partial charge in [0.2, 0.25) is 5.95 Å². The van der Waals surface area contributed by atoms with Crippen LogP contribution in [0.25, 0.3) is 11.3 Å². The van der Waals surface area contributed by atoms with E-state index in [-0.39, 0.29) is 0 Å².